The van der Waals surface area contributed by atoms with Gasteiger partial charge in [-0.25, -0.2) is 18.1 Å². The molecule has 0 bridgehead atoms. The molecule has 0 saturated heterocycles. The van der Waals surface area contributed by atoms with E-state index in [2.05, 4.69) is 37.9 Å². The van der Waals surface area contributed by atoms with Crippen molar-refractivity contribution in [3.63, 3.8) is 0 Å². The Bertz CT molecular complexity index is 819. The van der Waals surface area contributed by atoms with Crippen LogP contribution < -0.4 is 15.4 Å². The van der Waals surface area contributed by atoms with E-state index in [0.717, 1.165) is 31.0 Å². The zero-order chi connectivity index (χ0) is 20.2. The normalized spacial score (nSPS) is 12.1. The molecule has 1 aromatic carbocycles. The van der Waals surface area contributed by atoms with Crippen LogP contribution >= 0.6 is 11.3 Å². The number of ether oxygens (including phenoxy) is 1. The molecule has 154 valence electrons. The Labute approximate surface area is 171 Å². The van der Waals surface area contributed by atoms with Crippen LogP contribution in [0.15, 0.2) is 51.7 Å². The topological polar surface area (TPSA) is 91.8 Å². The second kappa shape index (κ2) is 11.8. The van der Waals surface area contributed by atoms with Crippen LogP contribution in [0.1, 0.15) is 17.4 Å². The van der Waals surface area contributed by atoms with Gasteiger partial charge >= 0.3 is 0 Å². The first-order chi connectivity index (χ1) is 13.5. The molecule has 0 spiro atoms. The molecular weight excluding hydrogens is 396 g/mol. The molecule has 1 heterocycles. The molecule has 0 unspecified atom stereocenters. The zero-order valence-electron chi connectivity index (χ0n) is 16.3. The quantitative estimate of drug-likeness (QED) is 0.291. The summed E-state index contributed by atoms with van der Waals surface area (Å²) in [7, 11) is -1.98. The maximum Gasteiger partial charge on any atom is 0.240 e. The van der Waals surface area contributed by atoms with Crippen molar-refractivity contribution in [2.45, 2.75) is 24.8 Å². The van der Waals surface area contributed by atoms with E-state index in [1.807, 2.05) is 6.92 Å². The Morgan fingerprint density at radius 1 is 1.14 bits per heavy atom. The van der Waals surface area contributed by atoms with Crippen LogP contribution in [0.5, 0.6) is 0 Å². The van der Waals surface area contributed by atoms with Gasteiger partial charge in [0.05, 0.1) is 18.0 Å². The summed E-state index contributed by atoms with van der Waals surface area (Å²) in [6.07, 6.45) is 0.949. The van der Waals surface area contributed by atoms with Gasteiger partial charge in [0.1, 0.15) is 0 Å². The number of aliphatic imine (C=N–C) groups is 1. The molecule has 0 radical (unpaired) electrons. The summed E-state index contributed by atoms with van der Waals surface area (Å²) in [4.78, 5) is 6.14. The third kappa shape index (κ3) is 7.59. The number of hydrogen-bond acceptors (Lipinski definition) is 5. The molecule has 9 heteroatoms. The van der Waals surface area contributed by atoms with E-state index in [4.69, 9.17) is 4.74 Å². The maximum atomic E-state index is 12.2. The molecule has 0 amide bonds. The number of nitrogens with zero attached hydrogens (tertiary/aromatic N) is 1. The minimum absolute atomic E-state index is 0.234. The number of thiophene rings is 1. The van der Waals surface area contributed by atoms with Crippen molar-refractivity contribution in [3.8, 4) is 0 Å². The summed E-state index contributed by atoms with van der Waals surface area (Å²) in [5.41, 5.74) is 0.936. The number of hydrogen-bond donors (Lipinski definition) is 3. The molecule has 2 rings (SSSR count). The highest BCUT2D eigenvalue weighted by atomic mass is 32.2. The Hall–Kier alpha value is -1.94. The van der Waals surface area contributed by atoms with Crippen molar-refractivity contribution in [2.75, 3.05) is 33.4 Å². The Kier molecular flexibility index (Phi) is 9.42. The molecular formula is C19H28N4O3S2. The van der Waals surface area contributed by atoms with E-state index >= 15 is 0 Å². The average molecular weight is 425 g/mol. The zero-order valence-corrected chi connectivity index (χ0v) is 17.9. The van der Waals surface area contributed by atoms with Gasteiger partial charge in [-0.1, -0.05) is 18.2 Å². The van der Waals surface area contributed by atoms with Gasteiger partial charge in [-0.3, -0.25) is 0 Å². The Morgan fingerprint density at radius 3 is 2.57 bits per heavy atom. The largest absolute Gasteiger partial charge is 0.383 e. The number of rotatable bonds is 11. The van der Waals surface area contributed by atoms with Crippen LogP contribution in [-0.2, 0) is 27.7 Å². The number of guanidine groups is 1. The molecule has 7 nitrogen and oxygen atoms in total. The Balaban J connectivity index is 1.90. The molecule has 0 atom stereocenters. The van der Waals surface area contributed by atoms with Crippen LogP contribution in [0.3, 0.4) is 0 Å². The minimum atomic E-state index is -3.51. The van der Waals surface area contributed by atoms with E-state index < -0.39 is 10.0 Å². The first kappa shape index (κ1) is 22.4. The predicted octanol–water partition coefficient (Wildman–Crippen LogP) is 1.97. The number of nitrogens with one attached hydrogen (secondary N) is 3. The van der Waals surface area contributed by atoms with E-state index in [1.54, 1.807) is 35.6 Å². The molecule has 2 aromatic rings. The highest BCUT2D eigenvalue weighted by molar-refractivity contribution is 7.89. The third-order valence-electron chi connectivity index (χ3n) is 3.84. The van der Waals surface area contributed by atoms with E-state index in [9.17, 15) is 8.42 Å². The lowest BCUT2D eigenvalue weighted by molar-refractivity contribution is 0.204. The predicted molar refractivity (Wildman–Crippen MR) is 114 cm³/mol. The molecule has 0 saturated carbocycles. The highest BCUT2D eigenvalue weighted by Crippen LogP contribution is 2.11. The monoisotopic (exact) mass is 424 g/mol. The third-order valence-corrected chi connectivity index (χ3v) is 6.25. The fourth-order valence-corrected chi connectivity index (χ4v) is 4.13. The van der Waals surface area contributed by atoms with Crippen LogP contribution in [0, 0.1) is 0 Å². The van der Waals surface area contributed by atoms with Gasteiger partial charge in [0.25, 0.3) is 0 Å². The van der Waals surface area contributed by atoms with E-state index in [0.29, 0.717) is 13.2 Å². The lowest BCUT2D eigenvalue weighted by Crippen LogP contribution is -2.38. The standard InChI is InChI=1S/C19H28N4O3S2/c1-3-20-19(21-11-10-17-5-4-14-27-17)22-15-16-6-8-18(9-7-16)28(24,25)23-12-13-26-2/h4-9,14,23H,3,10-13,15H2,1-2H3,(H2,20,21,22). The highest BCUT2D eigenvalue weighted by Gasteiger charge is 2.12. The summed E-state index contributed by atoms with van der Waals surface area (Å²) in [5.74, 6) is 0.747. The molecule has 0 aliphatic rings. The molecule has 0 fully saturated rings. The van der Waals surface area contributed by atoms with Gasteiger partial charge in [0.2, 0.25) is 10.0 Å². The summed E-state index contributed by atoms with van der Waals surface area (Å²) in [6.45, 7) is 4.64. The van der Waals surface area contributed by atoms with Gasteiger partial charge in [-0.15, -0.1) is 11.3 Å². The first-order valence-corrected chi connectivity index (χ1v) is 11.5. The van der Waals surface area contributed by atoms with Crippen LogP contribution in [0.4, 0.5) is 0 Å². The van der Waals surface area contributed by atoms with Gasteiger partial charge in [-0.2, -0.15) is 0 Å². The summed E-state index contributed by atoms with van der Waals surface area (Å²) in [6, 6.07) is 10.9. The summed E-state index contributed by atoms with van der Waals surface area (Å²) >= 11 is 1.75. The van der Waals surface area contributed by atoms with Crippen molar-refractivity contribution < 1.29 is 13.2 Å². The maximum absolute atomic E-state index is 12.2. The lowest BCUT2D eigenvalue weighted by Gasteiger charge is -2.11. The van der Waals surface area contributed by atoms with Crippen LogP contribution in [0.2, 0.25) is 0 Å². The average Bonchev–Trinajstić information content (AvgIpc) is 3.20. The fraction of sp³-hybridized carbons (Fsp3) is 0.421. The molecule has 0 aliphatic heterocycles. The van der Waals surface area contributed by atoms with Crippen molar-refractivity contribution in [1.29, 1.82) is 0 Å². The smallest absolute Gasteiger partial charge is 0.240 e. The first-order valence-electron chi connectivity index (χ1n) is 9.17. The summed E-state index contributed by atoms with van der Waals surface area (Å²) in [5, 5.41) is 8.62. The van der Waals surface area contributed by atoms with E-state index in [-0.39, 0.29) is 11.4 Å². The van der Waals surface area contributed by atoms with Gasteiger partial charge < -0.3 is 15.4 Å². The number of methoxy groups -OCH3 is 1. The van der Waals surface area contributed by atoms with E-state index in [1.165, 1.54) is 12.0 Å². The van der Waals surface area contributed by atoms with Crippen LogP contribution in [-0.4, -0.2) is 47.7 Å². The SMILES string of the molecule is CCNC(=NCc1ccc(S(=O)(=O)NCCOC)cc1)NCCc1cccs1. The fourth-order valence-electron chi connectivity index (χ4n) is 2.41. The Morgan fingerprint density at radius 2 is 1.93 bits per heavy atom. The molecule has 3 N–H and O–H groups in total. The molecule has 1 aromatic heterocycles. The van der Waals surface area contributed by atoms with Crippen molar-refractivity contribution in [1.82, 2.24) is 15.4 Å². The van der Waals surface area contributed by atoms with Gasteiger partial charge in [-0.05, 0) is 42.5 Å². The van der Waals surface area contributed by atoms with Gasteiger partial charge in [0.15, 0.2) is 5.96 Å². The molecule has 28 heavy (non-hydrogen) atoms. The lowest BCUT2D eigenvalue weighted by atomic mass is 10.2. The number of benzene rings is 1. The van der Waals surface area contributed by atoms with Gasteiger partial charge in [0, 0.05) is 31.6 Å². The second-order valence-corrected chi connectivity index (χ2v) is 8.79. The second-order valence-electron chi connectivity index (χ2n) is 5.99. The molecule has 0 aliphatic carbocycles. The van der Waals surface area contributed by atoms with Crippen molar-refractivity contribution in [3.05, 3.63) is 52.2 Å². The van der Waals surface area contributed by atoms with Crippen molar-refractivity contribution >= 4 is 27.3 Å². The minimum Gasteiger partial charge on any atom is -0.383 e. The summed E-state index contributed by atoms with van der Waals surface area (Å²) < 4.78 is 31.7. The number of sulfonamides is 1. The van der Waals surface area contributed by atoms with Crippen LogP contribution in [0.25, 0.3) is 0 Å². The van der Waals surface area contributed by atoms with Crippen molar-refractivity contribution in [2.24, 2.45) is 4.99 Å².